The molecule has 134 valence electrons. The Balaban J connectivity index is 1.51. The largest absolute Gasteiger partial charge is 0.464 e. The average Bonchev–Trinajstić information content (AvgIpc) is 3.43. The Hall–Kier alpha value is -3.61. The molecule has 4 aromatic heterocycles. The highest BCUT2D eigenvalue weighted by Crippen LogP contribution is 2.25. The van der Waals surface area contributed by atoms with Crippen LogP contribution in [0.4, 0.5) is 0 Å². The second-order valence-electron chi connectivity index (χ2n) is 6.50. The number of aromatic amines is 1. The molecule has 0 atom stereocenters. The normalized spacial score (nSPS) is 11.4. The second kappa shape index (κ2) is 6.28. The minimum Gasteiger partial charge on any atom is -0.464 e. The third-order valence-corrected chi connectivity index (χ3v) is 4.55. The summed E-state index contributed by atoms with van der Waals surface area (Å²) in [6, 6.07) is 14.1. The van der Waals surface area contributed by atoms with E-state index in [0.29, 0.717) is 13.1 Å². The monoisotopic (exact) mass is 358 g/mol. The molecule has 0 saturated heterocycles. The van der Waals surface area contributed by atoms with Crippen molar-refractivity contribution in [1.29, 1.82) is 0 Å². The molecule has 5 aromatic rings. The summed E-state index contributed by atoms with van der Waals surface area (Å²) in [5.41, 5.74) is 3.93. The van der Waals surface area contributed by atoms with Gasteiger partial charge in [-0.2, -0.15) is 10.2 Å². The Labute approximate surface area is 155 Å². The summed E-state index contributed by atoms with van der Waals surface area (Å²) in [7, 11) is 0. The zero-order chi connectivity index (χ0) is 18.2. The lowest BCUT2D eigenvalue weighted by molar-refractivity contribution is 0.462. The van der Waals surface area contributed by atoms with Gasteiger partial charge in [-0.1, -0.05) is 24.3 Å². The van der Waals surface area contributed by atoms with Gasteiger partial charge in [0.05, 0.1) is 12.7 Å². The Morgan fingerprint density at radius 3 is 2.78 bits per heavy atom. The number of aryl methyl sites for hydroxylation is 1. The van der Waals surface area contributed by atoms with Crippen LogP contribution in [0.15, 0.2) is 65.5 Å². The van der Waals surface area contributed by atoms with E-state index in [2.05, 4.69) is 27.3 Å². The molecule has 0 aliphatic heterocycles. The molecule has 7 nitrogen and oxygen atoms in total. The number of nitrogens with one attached hydrogen (secondary N) is 1. The van der Waals surface area contributed by atoms with Crippen molar-refractivity contribution in [2.45, 2.75) is 20.0 Å². The second-order valence-corrected chi connectivity index (χ2v) is 6.50. The first-order valence-electron chi connectivity index (χ1n) is 8.79. The van der Waals surface area contributed by atoms with Crippen molar-refractivity contribution < 1.29 is 4.42 Å². The number of fused-ring (bicyclic) bond motifs is 1. The van der Waals surface area contributed by atoms with Crippen LogP contribution in [0, 0.1) is 6.92 Å². The van der Waals surface area contributed by atoms with Crippen molar-refractivity contribution in [3.05, 3.63) is 78.1 Å². The third kappa shape index (κ3) is 2.93. The standard InChI is InChI=1S/C20H18N6O/c1-14-7-8-16(27-14)13-26-20-18(11-22-26)23-19(24-20)17-6-3-2-5-15(17)12-25-10-4-9-21-25/h2-11H,12-13H2,1H3,(H,23,24). The molecule has 0 aliphatic carbocycles. The Bertz CT molecular complexity index is 1190. The number of hydrogen-bond donors (Lipinski definition) is 1. The van der Waals surface area contributed by atoms with Gasteiger partial charge in [0, 0.05) is 18.0 Å². The number of aromatic nitrogens is 6. The summed E-state index contributed by atoms with van der Waals surface area (Å²) in [5.74, 6) is 2.58. The van der Waals surface area contributed by atoms with Gasteiger partial charge in [0.1, 0.15) is 29.4 Å². The lowest BCUT2D eigenvalue weighted by Gasteiger charge is -2.07. The van der Waals surface area contributed by atoms with Crippen LogP contribution in [0.5, 0.6) is 0 Å². The summed E-state index contributed by atoms with van der Waals surface area (Å²) >= 11 is 0. The fourth-order valence-corrected chi connectivity index (χ4v) is 3.27. The van der Waals surface area contributed by atoms with Gasteiger partial charge in [0.15, 0.2) is 5.65 Å². The highest BCUT2D eigenvalue weighted by Gasteiger charge is 2.14. The lowest BCUT2D eigenvalue weighted by Crippen LogP contribution is -2.03. The number of nitrogens with zero attached hydrogens (tertiary/aromatic N) is 5. The third-order valence-electron chi connectivity index (χ3n) is 4.55. The van der Waals surface area contributed by atoms with Gasteiger partial charge < -0.3 is 9.40 Å². The zero-order valence-corrected chi connectivity index (χ0v) is 14.8. The quantitative estimate of drug-likeness (QED) is 0.520. The number of furan rings is 1. The van der Waals surface area contributed by atoms with Crippen LogP contribution in [-0.4, -0.2) is 29.5 Å². The van der Waals surface area contributed by atoms with E-state index in [-0.39, 0.29) is 0 Å². The minimum atomic E-state index is 0.552. The van der Waals surface area contributed by atoms with E-state index in [0.717, 1.165) is 39.6 Å². The Morgan fingerprint density at radius 1 is 1.04 bits per heavy atom. The lowest BCUT2D eigenvalue weighted by atomic mass is 10.1. The van der Waals surface area contributed by atoms with E-state index in [9.17, 15) is 0 Å². The SMILES string of the molecule is Cc1ccc(Cn2ncc3[nH]c(-c4ccccc4Cn4cccn4)nc32)o1. The van der Waals surface area contributed by atoms with Crippen molar-refractivity contribution in [2.24, 2.45) is 0 Å². The van der Waals surface area contributed by atoms with Crippen LogP contribution < -0.4 is 0 Å². The smallest absolute Gasteiger partial charge is 0.177 e. The summed E-state index contributed by atoms with van der Waals surface area (Å²) in [4.78, 5) is 8.20. The number of H-pyrrole nitrogens is 1. The molecule has 0 amide bonds. The molecule has 1 aromatic carbocycles. The van der Waals surface area contributed by atoms with E-state index < -0.39 is 0 Å². The molecular weight excluding hydrogens is 340 g/mol. The number of rotatable bonds is 5. The van der Waals surface area contributed by atoms with Crippen LogP contribution in [-0.2, 0) is 13.1 Å². The van der Waals surface area contributed by atoms with Gasteiger partial charge in [0.2, 0.25) is 0 Å². The van der Waals surface area contributed by atoms with Gasteiger partial charge in [-0.25, -0.2) is 9.67 Å². The maximum Gasteiger partial charge on any atom is 0.177 e. The van der Waals surface area contributed by atoms with Crippen molar-refractivity contribution in [2.75, 3.05) is 0 Å². The first kappa shape index (κ1) is 15.6. The van der Waals surface area contributed by atoms with Crippen molar-refractivity contribution in [3.8, 4) is 11.4 Å². The summed E-state index contributed by atoms with van der Waals surface area (Å²) in [5, 5.41) is 8.73. The van der Waals surface area contributed by atoms with Crippen molar-refractivity contribution in [3.63, 3.8) is 0 Å². The van der Waals surface area contributed by atoms with Crippen molar-refractivity contribution in [1.82, 2.24) is 29.5 Å². The van der Waals surface area contributed by atoms with E-state index >= 15 is 0 Å². The molecular formula is C20H18N6O. The van der Waals surface area contributed by atoms with E-state index in [1.165, 1.54) is 0 Å². The highest BCUT2D eigenvalue weighted by atomic mass is 16.3. The van der Waals surface area contributed by atoms with Gasteiger partial charge in [-0.15, -0.1) is 0 Å². The first-order valence-corrected chi connectivity index (χ1v) is 8.79. The summed E-state index contributed by atoms with van der Waals surface area (Å²) < 4.78 is 9.42. The molecule has 7 heteroatoms. The fraction of sp³-hybridized carbons (Fsp3) is 0.150. The topological polar surface area (TPSA) is 77.5 Å². The predicted molar refractivity (Wildman–Crippen MR) is 101 cm³/mol. The van der Waals surface area contributed by atoms with E-state index in [1.54, 1.807) is 12.4 Å². The molecule has 0 saturated carbocycles. The molecule has 0 radical (unpaired) electrons. The summed E-state index contributed by atoms with van der Waals surface area (Å²) in [6.07, 6.45) is 5.55. The van der Waals surface area contributed by atoms with Crippen LogP contribution in [0.2, 0.25) is 0 Å². The number of hydrogen-bond acceptors (Lipinski definition) is 4. The van der Waals surface area contributed by atoms with Crippen LogP contribution in [0.25, 0.3) is 22.6 Å². The van der Waals surface area contributed by atoms with E-state index in [1.807, 2.05) is 52.8 Å². The molecule has 0 aliphatic rings. The van der Waals surface area contributed by atoms with Gasteiger partial charge in [-0.05, 0) is 30.7 Å². The van der Waals surface area contributed by atoms with Crippen molar-refractivity contribution >= 4 is 11.2 Å². The molecule has 0 fully saturated rings. The average molecular weight is 358 g/mol. The highest BCUT2D eigenvalue weighted by molar-refractivity contribution is 5.76. The Morgan fingerprint density at radius 2 is 1.96 bits per heavy atom. The molecule has 5 rings (SSSR count). The number of benzene rings is 1. The predicted octanol–water partition coefficient (Wildman–Crippen LogP) is 3.62. The molecule has 27 heavy (non-hydrogen) atoms. The van der Waals surface area contributed by atoms with Gasteiger partial charge in [-0.3, -0.25) is 4.68 Å². The number of imidazole rings is 1. The molecule has 0 unspecified atom stereocenters. The zero-order valence-electron chi connectivity index (χ0n) is 14.8. The minimum absolute atomic E-state index is 0.552. The Kier molecular flexibility index (Phi) is 3.64. The first-order chi connectivity index (χ1) is 13.3. The molecule has 0 spiro atoms. The van der Waals surface area contributed by atoms with Crippen LogP contribution >= 0.6 is 0 Å². The fourth-order valence-electron chi connectivity index (χ4n) is 3.27. The van der Waals surface area contributed by atoms with Gasteiger partial charge >= 0.3 is 0 Å². The van der Waals surface area contributed by atoms with Gasteiger partial charge in [0.25, 0.3) is 0 Å². The van der Waals surface area contributed by atoms with E-state index in [4.69, 9.17) is 9.40 Å². The maximum absolute atomic E-state index is 5.67. The molecule has 0 bridgehead atoms. The molecule has 1 N–H and O–H groups in total. The molecule has 4 heterocycles. The van der Waals surface area contributed by atoms with Crippen LogP contribution in [0.1, 0.15) is 17.1 Å². The van der Waals surface area contributed by atoms with Crippen LogP contribution in [0.3, 0.4) is 0 Å². The summed E-state index contributed by atoms with van der Waals surface area (Å²) in [6.45, 7) is 3.18. The maximum atomic E-state index is 5.67.